The van der Waals surface area contributed by atoms with Crippen molar-refractivity contribution in [3.63, 3.8) is 0 Å². The minimum Gasteiger partial charge on any atom is -0.493 e. The van der Waals surface area contributed by atoms with E-state index in [1.54, 1.807) is 49.6 Å². The molecule has 2 aliphatic rings. The maximum Gasteiger partial charge on any atom is 0.255 e. The molecule has 4 rings (SSSR count). The number of nitrogens with zero attached hydrogens (tertiary/aromatic N) is 1. The number of fused-ring (bicyclic) bond motifs is 1. The summed E-state index contributed by atoms with van der Waals surface area (Å²) in [6.45, 7) is 3.08. The van der Waals surface area contributed by atoms with Gasteiger partial charge in [-0.25, -0.2) is 0 Å². The van der Waals surface area contributed by atoms with E-state index in [0.29, 0.717) is 46.8 Å². The van der Waals surface area contributed by atoms with Crippen molar-refractivity contribution in [1.29, 1.82) is 0 Å². The lowest BCUT2D eigenvalue weighted by Crippen LogP contribution is -2.51. The Labute approximate surface area is 195 Å². The molecule has 2 aliphatic heterocycles. The van der Waals surface area contributed by atoms with Crippen LogP contribution in [0.4, 0.5) is 5.69 Å². The number of ether oxygens (including phenoxy) is 2. The van der Waals surface area contributed by atoms with Crippen LogP contribution in [-0.4, -0.2) is 56.6 Å². The van der Waals surface area contributed by atoms with Gasteiger partial charge >= 0.3 is 0 Å². The summed E-state index contributed by atoms with van der Waals surface area (Å²) in [5.41, 5.74) is 1.55. The summed E-state index contributed by atoms with van der Waals surface area (Å²) in [7, 11) is 3.08. The van der Waals surface area contributed by atoms with Crippen LogP contribution in [-0.2, 0) is 0 Å². The van der Waals surface area contributed by atoms with Gasteiger partial charge in [0.15, 0.2) is 11.5 Å². The molecule has 0 radical (unpaired) electrons. The number of hydrogen-bond donors (Lipinski definition) is 2. The second-order valence-electron chi connectivity index (χ2n) is 8.82. The van der Waals surface area contributed by atoms with E-state index in [2.05, 4.69) is 15.5 Å². The maximum absolute atomic E-state index is 12.8. The van der Waals surface area contributed by atoms with Gasteiger partial charge in [0.05, 0.1) is 14.2 Å². The third kappa shape index (κ3) is 5.47. The smallest absolute Gasteiger partial charge is 0.255 e. The van der Waals surface area contributed by atoms with E-state index in [1.807, 2.05) is 0 Å². The molecule has 2 N–H and O–H groups in total. The number of anilines is 1. The monoisotopic (exact) mass is 451 g/mol. The Morgan fingerprint density at radius 3 is 2.52 bits per heavy atom. The second kappa shape index (κ2) is 10.7. The summed E-state index contributed by atoms with van der Waals surface area (Å²) in [5.74, 6) is 1.16. The fourth-order valence-electron chi connectivity index (χ4n) is 5.06. The Kier molecular flexibility index (Phi) is 7.50. The minimum absolute atomic E-state index is 0.106. The fourth-order valence-corrected chi connectivity index (χ4v) is 5.06. The van der Waals surface area contributed by atoms with Crippen LogP contribution in [0.3, 0.4) is 0 Å². The van der Waals surface area contributed by atoms with Gasteiger partial charge in [0.1, 0.15) is 0 Å². The molecule has 2 fully saturated rings. The number of methoxy groups -OCH3 is 2. The molecule has 7 heteroatoms. The van der Waals surface area contributed by atoms with Crippen molar-refractivity contribution < 1.29 is 19.1 Å². The van der Waals surface area contributed by atoms with Gasteiger partial charge in [-0.05, 0) is 81.1 Å². The summed E-state index contributed by atoms with van der Waals surface area (Å²) in [6, 6.07) is 12.6. The van der Waals surface area contributed by atoms with Crippen LogP contribution in [0.2, 0.25) is 0 Å². The van der Waals surface area contributed by atoms with Gasteiger partial charge in [0.2, 0.25) is 0 Å². The lowest BCUT2D eigenvalue weighted by atomic mass is 9.83. The van der Waals surface area contributed by atoms with Crippen LogP contribution in [0, 0.1) is 5.92 Å². The number of carbonyl (C=O) groups excluding carboxylic acids is 2. The van der Waals surface area contributed by atoms with Crippen molar-refractivity contribution >= 4 is 17.5 Å². The van der Waals surface area contributed by atoms with E-state index in [0.717, 1.165) is 0 Å². The Hall–Kier alpha value is -3.06. The Morgan fingerprint density at radius 2 is 1.70 bits per heavy atom. The highest BCUT2D eigenvalue weighted by Crippen LogP contribution is 2.31. The molecule has 2 saturated heterocycles. The van der Waals surface area contributed by atoms with Crippen molar-refractivity contribution in [2.24, 2.45) is 5.92 Å². The second-order valence-corrected chi connectivity index (χ2v) is 8.82. The van der Waals surface area contributed by atoms with Crippen molar-refractivity contribution in [2.45, 2.75) is 38.1 Å². The van der Waals surface area contributed by atoms with Gasteiger partial charge < -0.3 is 25.0 Å². The highest BCUT2D eigenvalue weighted by molar-refractivity contribution is 6.05. The van der Waals surface area contributed by atoms with Crippen LogP contribution >= 0.6 is 0 Å². The number of nitrogens with one attached hydrogen (secondary N) is 2. The SMILES string of the molecule is COc1ccc(C(=O)Nc2cccc(C(=O)NCC3CCCN4CCCCC34)c2)cc1OC. The third-order valence-electron chi connectivity index (χ3n) is 6.78. The van der Waals surface area contributed by atoms with Gasteiger partial charge in [-0.2, -0.15) is 0 Å². The molecule has 2 atom stereocenters. The van der Waals surface area contributed by atoms with Gasteiger partial charge in [-0.15, -0.1) is 0 Å². The molecule has 0 saturated carbocycles. The molecule has 33 heavy (non-hydrogen) atoms. The minimum atomic E-state index is -0.284. The molecular weight excluding hydrogens is 418 g/mol. The molecule has 2 aromatic rings. The first-order valence-electron chi connectivity index (χ1n) is 11.7. The van der Waals surface area contributed by atoms with E-state index in [9.17, 15) is 9.59 Å². The quantitative estimate of drug-likeness (QED) is 0.666. The molecule has 0 aromatic heterocycles. The Balaban J connectivity index is 1.37. The van der Waals surface area contributed by atoms with E-state index in [4.69, 9.17) is 9.47 Å². The van der Waals surface area contributed by atoms with E-state index >= 15 is 0 Å². The Morgan fingerprint density at radius 1 is 0.909 bits per heavy atom. The van der Waals surface area contributed by atoms with E-state index in [1.165, 1.54) is 52.3 Å². The summed E-state index contributed by atoms with van der Waals surface area (Å²) in [5, 5.41) is 6.00. The normalized spacial score (nSPS) is 20.4. The van der Waals surface area contributed by atoms with Crippen LogP contribution in [0.25, 0.3) is 0 Å². The predicted octanol–water partition coefficient (Wildman–Crippen LogP) is 3.95. The largest absolute Gasteiger partial charge is 0.493 e. The number of rotatable bonds is 7. The summed E-state index contributed by atoms with van der Waals surface area (Å²) < 4.78 is 10.5. The summed E-state index contributed by atoms with van der Waals surface area (Å²) in [6.07, 6.45) is 6.18. The average molecular weight is 452 g/mol. The Bertz CT molecular complexity index is 991. The maximum atomic E-state index is 12.8. The van der Waals surface area contributed by atoms with E-state index in [-0.39, 0.29) is 11.8 Å². The van der Waals surface area contributed by atoms with Crippen molar-refractivity contribution in [3.05, 3.63) is 53.6 Å². The molecule has 2 heterocycles. The standard InChI is InChI=1S/C26H33N3O4/c1-32-23-12-11-19(16-24(23)33-2)26(31)28-21-9-5-7-18(15-21)25(30)27-17-20-8-6-14-29-13-4-3-10-22(20)29/h5,7,9,11-12,15-16,20,22H,3-4,6,8,10,13-14,17H2,1-2H3,(H,27,30)(H,28,31). The van der Waals surface area contributed by atoms with Crippen molar-refractivity contribution in [3.8, 4) is 11.5 Å². The molecule has 0 aliphatic carbocycles. The van der Waals surface area contributed by atoms with Crippen LogP contribution in [0.5, 0.6) is 11.5 Å². The molecule has 7 nitrogen and oxygen atoms in total. The molecule has 2 amide bonds. The lowest BCUT2D eigenvalue weighted by molar-refractivity contribution is 0.0575. The number of hydrogen-bond acceptors (Lipinski definition) is 5. The van der Waals surface area contributed by atoms with Crippen molar-refractivity contribution in [2.75, 3.05) is 39.2 Å². The predicted molar refractivity (Wildman–Crippen MR) is 128 cm³/mol. The van der Waals surface area contributed by atoms with E-state index < -0.39 is 0 Å². The number of carbonyl (C=O) groups is 2. The van der Waals surface area contributed by atoms with Gasteiger partial charge in [0, 0.05) is 29.4 Å². The molecular formula is C26H33N3O4. The van der Waals surface area contributed by atoms with Crippen LogP contribution in [0.1, 0.15) is 52.8 Å². The zero-order chi connectivity index (χ0) is 23.2. The number of piperidine rings is 2. The molecule has 0 spiro atoms. The molecule has 2 unspecified atom stereocenters. The molecule has 0 bridgehead atoms. The average Bonchev–Trinajstić information content (AvgIpc) is 2.86. The molecule has 176 valence electrons. The lowest BCUT2D eigenvalue weighted by Gasteiger charge is -2.44. The zero-order valence-electron chi connectivity index (χ0n) is 19.4. The number of benzene rings is 2. The highest BCUT2D eigenvalue weighted by Gasteiger charge is 2.33. The fraction of sp³-hybridized carbons (Fsp3) is 0.462. The van der Waals surface area contributed by atoms with Gasteiger partial charge in [0.25, 0.3) is 11.8 Å². The third-order valence-corrected chi connectivity index (χ3v) is 6.78. The first-order valence-corrected chi connectivity index (χ1v) is 11.7. The zero-order valence-corrected chi connectivity index (χ0v) is 19.4. The molecule has 2 aromatic carbocycles. The van der Waals surface area contributed by atoms with Crippen molar-refractivity contribution in [1.82, 2.24) is 10.2 Å². The topological polar surface area (TPSA) is 79.9 Å². The first kappa shape index (κ1) is 23.1. The highest BCUT2D eigenvalue weighted by atomic mass is 16.5. The van der Waals surface area contributed by atoms with Gasteiger partial charge in [-0.3, -0.25) is 9.59 Å². The summed E-state index contributed by atoms with van der Waals surface area (Å²) in [4.78, 5) is 28.2. The van der Waals surface area contributed by atoms with Gasteiger partial charge in [-0.1, -0.05) is 12.5 Å². The van der Waals surface area contributed by atoms with Crippen LogP contribution in [0.15, 0.2) is 42.5 Å². The number of amides is 2. The summed E-state index contributed by atoms with van der Waals surface area (Å²) >= 11 is 0. The van der Waals surface area contributed by atoms with Crippen LogP contribution < -0.4 is 20.1 Å². The first-order chi connectivity index (χ1) is 16.1.